The Hall–Kier alpha value is -3.13. The van der Waals surface area contributed by atoms with E-state index in [-0.39, 0.29) is 0 Å². The fraction of sp³-hybridized carbons (Fsp3) is 0.118. The van der Waals surface area contributed by atoms with Crippen LogP contribution < -0.4 is 4.74 Å². The van der Waals surface area contributed by atoms with Crippen LogP contribution in [0.25, 0.3) is 11.3 Å². The van der Waals surface area contributed by atoms with Gasteiger partial charge >= 0.3 is 0 Å². The molecule has 5 nitrogen and oxygen atoms in total. The number of methoxy groups -OCH3 is 1. The number of aromatic nitrogens is 3. The van der Waals surface area contributed by atoms with E-state index in [0.717, 1.165) is 22.6 Å². The van der Waals surface area contributed by atoms with Gasteiger partial charge in [-0.3, -0.25) is 0 Å². The molecular weight excluding hydrogens is 276 g/mol. The molecule has 0 atom stereocenters. The summed E-state index contributed by atoms with van der Waals surface area (Å²) in [5.41, 5.74) is 3.54. The van der Waals surface area contributed by atoms with Gasteiger partial charge in [0.15, 0.2) is 0 Å². The number of ether oxygens (including phenoxy) is 1. The standard InChI is InChI=1S/C17H14N4O/c1-22-16-8-6-15(7-9-16)17-12-21(20-19-17)11-14-4-2-13(10-18)3-5-14/h2-9,12H,11H2,1H3. The van der Waals surface area contributed by atoms with Gasteiger partial charge in [-0.2, -0.15) is 5.26 Å². The molecule has 0 spiro atoms. The summed E-state index contributed by atoms with van der Waals surface area (Å²) in [4.78, 5) is 0. The molecule has 0 radical (unpaired) electrons. The Morgan fingerprint density at radius 2 is 1.82 bits per heavy atom. The summed E-state index contributed by atoms with van der Waals surface area (Å²) in [5.74, 6) is 0.814. The molecule has 0 bridgehead atoms. The lowest BCUT2D eigenvalue weighted by atomic mass is 10.1. The fourth-order valence-corrected chi connectivity index (χ4v) is 2.14. The van der Waals surface area contributed by atoms with E-state index in [1.54, 1.807) is 23.9 Å². The Labute approximate surface area is 128 Å². The Bertz CT molecular complexity index is 798. The second-order valence-corrected chi connectivity index (χ2v) is 4.84. The maximum atomic E-state index is 8.80. The van der Waals surface area contributed by atoms with Gasteiger partial charge in [-0.15, -0.1) is 5.10 Å². The summed E-state index contributed by atoms with van der Waals surface area (Å²) in [7, 11) is 1.64. The number of hydrogen-bond donors (Lipinski definition) is 0. The topological polar surface area (TPSA) is 63.7 Å². The Morgan fingerprint density at radius 3 is 2.45 bits per heavy atom. The third-order valence-corrected chi connectivity index (χ3v) is 3.35. The van der Waals surface area contributed by atoms with Crippen molar-refractivity contribution in [3.63, 3.8) is 0 Å². The molecule has 0 aliphatic heterocycles. The zero-order chi connectivity index (χ0) is 15.4. The van der Waals surface area contributed by atoms with Crippen LogP contribution in [0.3, 0.4) is 0 Å². The minimum absolute atomic E-state index is 0.620. The zero-order valence-electron chi connectivity index (χ0n) is 12.1. The first kappa shape index (κ1) is 13.8. The second-order valence-electron chi connectivity index (χ2n) is 4.84. The summed E-state index contributed by atoms with van der Waals surface area (Å²) in [6, 6.07) is 17.3. The van der Waals surface area contributed by atoms with Crippen molar-refractivity contribution < 1.29 is 4.74 Å². The molecule has 0 amide bonds. The lowest BCUT2D eigenvalue weighted by Crippen LogP contribution is -2.00. The molecule has 0 saturated carbocycles. The van der Waals surface area contributed by atoms with Crippen LogP contribution in [0.4, 0.5) is 0 Å². The molecule has 108 valence electrons. The van der Waals surface area contributed by atoms with Crippen LogP contribution >= 0.6 is 0 Å². The first-order valence-corrected chi connectivity index (χ1v) is 6.82. The molecule has 0 fully saturated rings. The van der Waals surface area contributed by atoms with E-state index >= 15 is 0 Å². The number of rotatable bonds is 4. The highest BCUT2D eigenvalue weighted by Crippen LogP contribution is 2.20. The van der Waals surface area contributed by atoms with Crippen LogP contribution in [0.5, 0.6) is 5.75 Å². The largest absolute Gasteiger partial charge is 0.497 e. The third-order valence-electron chi connectivity index (χ3n) is 3.35. The van der Waals surface area contributed by atoms with Gasteiger partial charge in [0, 0.05) is 5.56 Å². The minimum Gasteiger partial charge on any atom is -0.497 e. The van der Waals surface area contributed by atoms with E-state index in [0.29, 0.717) is 12.1 Å². The van der Waals surface area contributed by atoms with Crippen molar-refractivity contribution in [2.45, 2.75) is 6.54 Å². The van der Waals surface area contributed by atoms with Crippen molar-refractivity contribution in [1.29, 1.82) is 5.26 Å². The van der Waals surface area contributed by atoms with Crippen LogP contribution in [-0.4, -0.2) is 22.1 Å². The summed E-state index contributed by atoms with van der Waals surface area (Å²) in [6.07, 6.45) is 1.90. The molecule has 1 heterocycles. The Kier molecular flexibility index (Phi) is 3.84. The van der Waals surface area contributed by atoms with Crippen molar-refractivity contribution in [3.05, 3.63) is 65.9 Å². The van der Waals surface area contributed by atoms with Crippen LogP contribution in [0.15, 0.2) is 54.7 Å². The average Bonchev–Trinajstić information content (AvgIpc) is 3.04. The van der Waals surface area contributed by atoms with Crippen molar-refractivity contribution in [2.75, 3.05) is 7.11 Å². The van der Waals surface area contributed by atoms with Crippen LogP contribution in [-0.2, 0) is 6.54 Å². The van der Waals surface area contributed by atoms with Crippen molar-refractivity contribution in [2.24, 2.45) is 0 Å². The van der Waals surface area contributed by atoms with Gasteiger partial charge in [0.05, 0.1) is 31.5 Å². The van der Waals surface area contributed by atoms with E-state index in [1.165, 1.54) is 0 Å². The smallest absolute Gasteiger partial charge is 0.118 e. The number of benzene rings is 2. The molecule has 5 heteroatoms. The monoisotopic (exact) mass is 290 g/mol. The van der Waals surface area contributed by atoms with Gasteiger partial charge in [-0.1, -0.05) is 17.3 Å². The quantitative estimate of drug-likeness (QED) is 0.741. The molecular formula is C17H14N4O. The van der Waals surface area contributed by atoms with Crippen LogP contribution in [0.1, 0.15) is 11.1 Å². The lowest BCUT2D eigenvalue weighted by Gasteiger charge is -2.01. The molecule has 2 aromatic carbocycles. The van der Waals surface area contributed by atoms with E-state index in [1.807, 2.05) is 42.6 Å². The molecule has 22 heavy (non-hydrogen) atoms. The average molecular weight is 290 g/mol. The second kappa shape index (κ2) is 6.10. The highest BCUT2D eigenvalue weighted by molar-refractivity contribution is 5.58. The maximum Gasteiger partial charge on any atom is 0.118 e. The Balaban J connectivity index is 1.76. The lowest BCUT2D eigenvalue weighted by molar-refractivity contribution is 0.415. The van der Waals surface area contributed by atoms with E-state index < -0.39 is 0 Å². The van der Waals surface area contributed by atoms with Crippen LogP contribution in [0, 0.1) is 11.3 Å². The first-order chi connectivity index (χ1) is 10.8. The zero-order valence-corrected chi connectivity index (χ0v) is 12.1. The Morgan fingerprint density at radius 1 is 1.09 bits per heavy atom. The SMILES string of the molecule is COc1ccc(-c2cn(Cc3ccc(C#N)cc3)nn2)cc1. The molecule has 0 unspecified atom stereocenters. The summed E-state index contributed by atoms with van der Waals surface area (Å²) in [5, 5.41) is 17.1. The molecule has 0 aliphatic rings. The van der Waals surface area contributed by atoms with Crippen molar-refractivity contribution in [3.8, 4) is 23.1 Å². The summed E-state index contributed by atoms with van der Waals surface area (Å²) >= 11 is 0. The fourth-order valence-electron chi connectivity index (χ4n) is 2.14. The van der Waals surface area contributed by atoms with Crippen molar-refractivity contribution in [1.82, 2.24) is 15.0 Å². The predicted octanol–water partition coefficient (Wildman–Crippen LogP) is 2.87. The van der Waals surface area contributed by atoms with Gasteiger partial charge in [0.25, 0.3) is 0 Å². The third kappa shape index (κ3) is 2.96. The van der Waals surface area contributed by atoms with Gasteiger partial charge in [-0.25, -0.2) is 4.68 Å². The van der Waals surface area contributed by atoms with E-state index in [9.17, 15) is 0 Å². The van der Waals surface area contributed by atoms with Gasteiger partial charge in [0.2, 0.25) is 0 Å². The van der Waals surface area contributed by atoms with Gasteiger partial charge in [0.1, 0.15) is 11.4 Å². The molecule has 1 aromatic heterocycles. The van der Waals surface area contributed by atoms with Gasteiger partial charge in [-0.05, 0) is 42.0 Å². The predicted molar refractivity (Wildman–Crippen MR) is 82.3 cm³/mol. The van der Waals surface area contributed by atoms with E-state index in [2.05, 4.69) is 16.4 Å². The number of nitriles is 1. The number of nitrogens with zero attached hydrogens (tertiary/aromatic N) is 4. The van der Waals surface area contributed by atoms with Crippen molar-refractivity contribution >= 4 is 0 Å². The van der Waals surface area contributed by atoms with E-state index in [4.69, 9.17) is 10.00 Å². The first-order valence-electron chi connectivity index (χ1n) is 6.82. The highest BCUT2D eigenvalue weighted by atomic mass is 16.5. The molecule has 0 saturated heterocycles. The molecule has 3 rings (SSSR count). The normalized spacial score (nSPS) is 10.2. The molecule has 3 aromatic rings. The minimum atomic E-state index is 0.620. The molecule has 0 N–H and O–H groups in total. The molecule has 0 aliphatic carbocycles. The van der Waals surface area contributed by atoms with Gasteiger partial charge < -0.3 is 4.74 Å². The number of hydrogen-bond acceptors (Lipinski definition) is 4. The van der Waals surface area contributed by atoms with Crippen LogP contribution in [0.2, 0.25) is 0 Å². The summed E-state index contributed by atoms with van der Waals surface area (Å²) < 4.78 is 6.92. The summed E-state index contributed by atoms with van der Waals surface area (Å²) in [6.45, 7) is 0.620. The highest BCUT2D eigenvalue weighted by Gasteiger charge is 2.05. The maximum absolute atomic E-state index is 8.80.